The summed E-state index contributed by atoms with van der Waals surface area (Å²) < 4.78 is 0. The Balaban J connectivity index is 5.96. The first kappa shape index (κ1) is 41.8. The summed E-state index contributed by atoms with van der Waals surface area (Å²) in [6, 6.07) is -6.08. The largest absolute Gasteiger partial charge is 0.480 e. The monoisotopic (exact) mass is 671 g/mol. The lowest BCUT2D eigenvalue weighted by atomic mass is 10.0. The van der Waals surface area contributed by atoms with Gasteiger partial charge in [-0.25, -0.2) is 4.79 Å². The maximum Gasteiger partial charge on any atom is 0.326 e. The van der Waals surface area contributed by atoms with Gasteiger partial charge in [0.25, 0.3) is 0 Å². The van der Waals surface area contributed by atoms with Gasteiger partial charge in [0.1, 0.15) is 24.2 Å². The molecule has 0 aromatic carbocycles. The van der Waals surface area contributed by atoms with Gasteiger partial charge in [0.05, 0.1) is 19.0 Å². The molecule has 0 bridgehead atoms. The van der Waals surface area contributed by atoms with Gasteiger partial charge in [-0.1, -0.05) is 13.8 Å². The van der Waals surface area contributed by atoms with Crippen LogP contribution in [-0.2, 0) is 33.6 Å². The number of aliphatic carboxylic acids is 1. The summed E-state index contributed by atoms with van der Waals surface area (Å²) in [5.74, 6) is -7.11. The number of amides is 6. The second-order valence-electron chi connectivity index (χ2n) is 10.9. The highest BCUT2D eigenvalue weighted by Gasteiger charge is 2.31. The summed E-state index contributed by atoms with van der Waals surface area (Å²) in [5, 5.41) is 21.2. The smallest absolute Gasteiger partial charge is 0.326 e. The van der Waals surface area contributed by atoms with E-state index in [1.807, 2.05) is 0 Å². The zero-order chi connectivity index (χ0) is 36.3. The van der Waals surface area contributed by atoms with Gasteiger partial charge in [-0.15, -0.1) is 0 Å². The number of carbonyl (C=O) groups is 7. The van der Waals surface area contributed by atoms with Crippen LogP contribution >= 0.6 is 0 Å². The molecule has 21 heteroatoms. The van der Waals surface area contributed by atoms with E-state index < -0.39 is 90.5 Å². The third-order valence-electron chi connectivity index (χ3n) is 6.28. The van der Waals surface area contributed by atoms with E-state index >= 15 is 0 Å². The van der Waals surface area contributed by atoms with Crippen LogP contribution < -0.4 is 61.0 Å². The number of carboxylic acid groups (broad SMARTS) is 1. The van der Waals surface area contributed by atoms with Crippen LogP contribution in [0.1, 0.15) is 52.9 Å². The zero-order valence-corrected chi connectivity index (χ0v) is 26.8. The summed E-state index contributed by atoms with van der Waals surface area (Å²) in [6.45, 7) is 4.29. The number of carbonyl (C=O) groups excluding carboxylic acids is 6. The maximum absolute atomic E-state index is 13.5. The third kappa shape index (κ3) is 18.4. The van der Waals surface area contributed by atoms with Crippen LogP contribution in [0.15, 0.2) is 9.98 Å². The molecule has 0 unspecified atom stereocenters. The van der Waals surface area contributed by atoms with E-state index in [0.29, 0.717) is 0 Å². The minimum atomic E-state index is -1.62. The Kier molecular flexibility index (Phi) is 19.1. The minimum Gasteiger partial charge on any atom is -0.480 e. The zero-order valence-electron chi connectivity index (χ0n) is 26.8. The average Bonchev–Trinajstić information content (AvgIpc) is 2.96. The van der Waals surface area contributed by atoms with Crippen molar-refractivity contribution in [3.8, 4) is 0 Å². The number of guanidine groups is 2. The summed E-state index contributed by atoms with van der Waals surface area (Å²) in [6.07, 6.45) is -0.263. The molecule has 0 spiro atoms. The van der Waals surface area contributed by atoms with Gasteiger partial charge in [0.2, 0.25) is 35.4 Å². The number of carboxylic acids is 1. The number of hydrogen-bond donors (Lipinski definition) is 12. The highest BCUT2D eigenvalue weighted by Crippen LogP contribution is 2.07. The third-order valence-corrected chi connectivity index (χ3v) is 6.28. The average molecular weight is 672 g/mol. The Morgan fingerprint density at radius 1 is 0.660 bits per heavy atom. The van der Waals surface area contributed by atoms with Gasteiger partial charge >= 0.3 is 5.97 Å². The number of nitrogens with two attached hydrogens (primary N) is 6. The Labute approximate surface area is 271 Å². The molecule has 18 N–H and O–H groups in total. The van der Waals surface area contributed by atoms with E-state index in [2.05, 4.69) is 36.6 Å². The molecule has 0 aromatic heterocycles. The van der Waals surface area contributed by atoms with E-state index in [4.69, 9.17) is 34.4 Å². The van der Waals surface area contributed by atoms with Crippen LogP contribution in [0.5, 0.6) is 0 Å². The SMILES string of the molecule is CC(C)[C@H](NC(=O)[C@H](C)N)C(=O)N[C@@H](CCCN=C(N)N)C(=O)N[C@@H](CCCN=C(N)N)C(=O)NCC(=O)N[C@@H](CC(N)=O)C(=O)O. The highest BCUT2D eigenvalue weighted by molar-refractivity contribution is 5.96. The molecule has 0 aliphatic carbocycles. The van der Waals surface area contributed by atoms with Crippen LogP contribution in [-0.4, -0.2) is 108 Å². The Morgan fingerprint density at radius 3 is 1.57 bits per heavy atom. The van der Waals surface area contributed by atoms with Crippen molar-refractivity contribution < 1.29 is 38.7 Å². The summed E-state index contributed by atoms with van der Waals surface area (Å²) >= 11 is 0. The van der Waals surface area contributed by atoms with Crippen LogP contribution in [0.25, 0.3) is 0 Å². The summed E-state index contributed by atoms with van der Waals surface area (Å²) in [4.78, 5) is 94.4. The second kappa shape index (κ2) is 21.5. The number of nitrogens with zero attached hydrogens (tertiary/aromatic N) is 2. The molecule has 0 saturated carbocycles. The first-order valence-corrected chi connectivity index (χ1v) is 14.7. The molecule has 0 rings (SSSR count). The number of primary amides is 1. The number of rotatable bonds is 22. The van der Waals surface area contributed by atoms with Crippen molar-refractivity contribution >= 4 is 53.3 Å². The van der Waals surface area contributed by atoms with Crippen molar-refractivity contribution in [1.82, 2.24) is 26.6 Å². The van der Waals surface area contributed by atoms with Gasteiger partial charge in [-0.05, 0) is 38.5 Å². The molecule has 0 fully saturated rings. The second-order valence-corrected chi connectivity index (χ2v) is 10.9. The molecule has 5 atom stereocenters. The van der Waals surface area contributed by atoms with Gasteiger partial charge < -0.3 is 66.1 Å². The van der Waals surface area contributed by atoms with Crippen molar-refractivity contribution in [2.45, 2.75) is 83.1 Å². The quantitative estimate of drug-likeness (QED) is 0.0290. The van der Waals surface area contributed by atoms with E-state index in [-0.39, 0.29) is 50.7 Å². The lowest BCUT2D eigenvalue weighted by Gasteiger charge is -2.27. The summed E-state index contributed by atoms with van der Waals surface area (Å²) in [7, 11) is 0. The molecule has 6 amide bonds. The first-order valence-electron chi connectivity index (χ1n) is 14.7. The van der Waals surface area contributed by atoms with E-state index in [1.54, 1.807) is 13.8 Å². The molecule has 266 valence electrons. The van der Waals surface area contributed by atoms with Crippen molar-refractivity contribution in [2.75, 3.05) is 19.6 Å². The van der Waals surface area contributed by atoms with E-state index in [1.165, 1.54) is 6.92 Å². The van der Waals surface area contributed by atoms with Crippen LogP contribution in [0, 0.1) is 5.92 Å². The lowest BCUT2D eigenvalue weighted by molar-refractivity contribution is -0.143. The fraction of sp³-hybridized carbons (Fsp3) is 0.654. The van der Waals surface area contributed by atoms with E-state index in [9.17, 15) is 38.7 Å². The van der Waals surface area contributed by atoms with Gasteiger partial charge in [0.15, 0.2) is 11.9 Å². The Hall–Kier alpha value is -5.21. The van der Waals surface area contributed by atoms with Crippen LogP contribution in [0.3, 0.4) is 0 Å². The van der Waals surface area contributed by atoms with Crippen molar-refractivity contribution in [1.29, 1.82) is 0 Å². The molecular formula is C26H49N13O8. The molecule has 0 aromatic rings. The van der Waals surface area contributed by atoms with Crippen LogP contribution in [0.2, 0.25) is 0 Å². The molecule has 0 aliphatic rings. The number of nitrogens with one attached hydrogen (secondary N) is 5. The Bertz CT molecular complexity index is 1170. The molecule has 0 aliphatic heterocycles. The van der Waals surface area contributed by atoms with Crippen molar-refractivity contribution in [3.05, 3.63) is 0 Å². The molecule has 0 heterocycles. The minimum absolute atomic E-state index is 0.0155. The first-order chi connectivity index (χ1) is 21.8. The molecule has 0 radical (unpaired) electrons. The fourth-order valence-corrected chi connectivity index (χ4v) is 3.84. The van der Waals surface area contributed by atoms with Crippen molar-refractivity contribution in [2.24, 2.45) is 50.3 Å². The highest BCUT2D eigenvalue weighted by atomic mass is 16.4. The number of aliphatic imine (C=N–C) groups is 2. The van der Waals surface area contributed by atoms with Gasteiger partial charge in [-0.3, -0.25) is 38.8 Å². The van der Waals surface area contributed by atoms with Gasteiger partial charge in [0, 0.05) is 13.1 Å². The predicted octanol–water partition coefficient (Wildman–Crippen LogP) is -5.89. The maximum atomic E-state index is 13.5. The lowest BCUT2D eigenvalue weighted by Crippen LogP contribution is -2.59. The normalized spacial score (nSPS) is 13.8. The topological polar surface area (TPSA) is 381 Å². The summed E-state index contributed by atoms with van der Waals surface area (Å²) in [5.41, 5.74) is 32.0. The fourth-order valence-electron chi connectivity index (χ4n) is 3.84. The molecule has 21 nitrogen and oxygen atoms in total. The standard InChI is InChI=1S/C26H49N13O8/c1-12(2)19(39-20(42)13(3)27)23(45)38-15(7-5-9-34-26(31)32)22(44)37-14(6-4-8-33-25(29)30)21(43)35-11-18(41)36-16(24(46)47)10-17(28)40/h12-16,19H,4-11,27H2,1-3H3,(H2,28,40)(H,35,43)(H,36,41)(H,37,44)(H,38,45)(H,39,42)(H,46,47)(H4,29,30,33)(H4,31,32,34)/t13-,14-,15-,16-,19-/m0/s1. The van der Waals surface area contributed by atoms with Crippen LogP contribution in [0.4, 0.5) is 0 Å². The van der Waals surface area contributed by atoms with Crippen molar-refractivity contribution in [3.63, 3.8) is 0 Å². The van der Waals surface area contributed by atoms with Gasteiger partial charge in [-0.2, -0.15) is 0 Å². The molecule has 0 saturated heterocycles. The molecular weight excluding hydrogens is 622 g/mol. The number of hydrogen-bond acceptors (Lipinski definition) is 10. The van der Waals surface area contributed by atoms with E-state index in [0.717, 1.165) is 0 Å². The Morgan fingerprint density at radius 2 is 1.15 bits per heavy atom. The predicted molar refractivity (Wildman–Crippen MR) is 170 cm³/mol. The molecule has 47 heavy (non-hydrogen) atoms.